The first-order chi connectivity index (χ1) is 9.16. The quantitative estimate of drug-likeness (QED) is 0.865. The Labute approximate surface area is 109 Å². The summed E-state index contributed by atoms with van der Waals surface area (Å²) in [5, 5.41) is 11.9. The third-order valence-corrected chi connectivity index (χ3v) is 2.64. The molecule has 0 unspecified atom stereocenters. The molecule has 2 rings (SSSR count). The maximum atomic E-state index is 13.4. The van der Waals surface area contributed by atoms with Crippen molar-refractivity contribution < 1.29 is 14.3 Å². The summed E-state index contributed by atoms with van der Waals surface area (Å²) in [5.41, 5.74) is 1.42. The van der Waals surface area contributed by atoms with Crippen LogP contribution in [0.2, 0.25) is 0 Å². The molecule has 0 aliphatic rings. The van der Waals surface area contributed by atoms with Crippen molar-refractivity contribution in [3.63, 3.8) is 0 Å². The fraction of sp³-hybridized carbons (Fsp3) is 0.143. The van der Waals surface area contributed by atoms with Crippen LogP contribution in [-0.2, 0) is 13.1 Å². The number of aromatic carboxylic acids is 1. The van der Waals surface area contributed by atoms with Gasteiger partial charge in [0.15, 0.2) is 0 Å². The third kappa shape index (κ3) is 3.59. The molecule has 4 nitrogen and oxygen atoms in total. The number of hydrogen-bond donors (Lipinski definition) is 2. The van der Waals surface area contributed by atoms with E-state index in [2.05, 4.69) is 10.3 Å². The van der Waals surface area contributed by atoms with Gasteiger partial charge in [-0.3, -0.25) is 4.98 Å². The number of carboxylic acid groups (broad SMARTS) is 1. The molecule has 0 atom stereocenters. The smallest absolute Gasteiger partial charge is 0.338 e. The van der Waals surface area contributed by atoms with E-state index in [0.29, 0.717) is 18.7 Å². The number of pyridine rings is 1. The number of halogens is 1. The Bertz CT molecular complexity index is 573. The molecule has 0 spiro atoms. The van der Waals surface area contributed by atoms with E-state index >= 15 is 0 Å². The Hall–Kier alpha value is -2.27. The highest BCUT2D eigenvalue weighted by atomic mass is 19.1. The highest BCUT2D eigenvalue weighted by Crippen LogP contribution is 2.10. The van der Waals surface area contributed by atoms with Crippen molar-refractivity contribution in [3.8, 4) is 0 Å². The predicted molar refractivity (Wildman–Crippen MR) is 68.1 cm³/mol. The lowest BCUT2D eigenvalue weighted by Gasteiger charge is -2.06. The van der Waals surface area contributed by atoms with Crippen molar-refractivity contribution >= 4 is 5.97 Å². The molecule has 1 heterocycles. The number of carboxylic acids is 1. The van der Waals surface area contributed by atoms with Crippen LogP contribution in [0.3, 0.4) is 0 Å². The zero-order chi connectivity index (χ0) is 13.7. The number of aromatic nitrogens is 1. The topological polar surface area (TPSA) is 62.2 Å². The van der Waals surface area contributed by atoms with E-state index in [1.54, 1.807) is 18.5 Å². The summed E-state index contributed by atoms with van der Waals surface area (Å²) >= 11 is 0. The number of nitrogens with zero attached hydrogens (tertiary/aromatic N) is 1. The summed E-state index contributed by atoms with van der Waals surface area (Å²) in [6.45, 7) is 1.09. The third-order valence-electron chi connectivity index (χ3n) is 2.64. The summed E-state index contributed by atoms with van der Waals surface area (Å²) in [6, 6.07) is 7.90. The maximum absolute atomic E-state index is 13.4. The average molecular weight is 260 g/mol. The number of nitrogens with one attached hydrogen (secondary N) is 1. The number of benzene rings is 1. The van der Waals surface area contributed by atoms with Gasteiger partial charge in [0.1, 0.15) is 5.82 Å². The highest BCUT2D eigenvalue weighted by molar-refractivity contribution is 5.87. The van der Waals surface area contributed by atoms with Gasteiger partial charge in [0.2, 0.25) is 0 Å². The molecule has 5 heteroatoms. The molecular formula is C14H13FN2O2. The van der Waals surface area contributed by atoms with Gasteiger partial charge < -0.3 is 10.4 Å². The fourth-order valence-electron chi connectivity index (χ4n) is 1.70. The minimum absolute atomic E-state index is 0.309. The van der Waals surface area contributed by atoms with Crippen LogP contribution in [0.25, 0.3) is 0 Å². The largest absolute Gasteiger partial charge is 0.478 e. The molecule has 0 aliphatic heterocycles. The van der Waals surface area contributed by atoms with Gasteiger partial charge in [0.05, 0.1) is 5.56 Å². The Kier molecular flexibility index (Phi) is 4.20. The molecule has 0 saturated heterocycles. The first kappa shape index (κ1) is 13.2. The van der Waals surface area contributed by atoms with Crippen LogP contribution >= 0.6 is 0 Å². The molecule has 0 radical (unpaired) electrons. The average Bonchev–Trinajstić information content (AvgIpc) is 2.39. The zero-order valence-corrected chi connectivity index (χ0v) is 10.1. The first-order valence-electron chi connectivity index (χ1n) is 5.78. The molecule has 0 bridgehead atoms. The van der Waals surface area contributed by atoms with Crippen LogP contribution in [0.15, 0.2) is 42.7 Å². The molecular weight excluding hydrogens is 247 g/mol. The zero-order valence-electron chi connectivity index (χ0n) is 10.1. The highest BCUT2D eigenvalue weighted by Gasteiger charge is 2.09. The summed E-state index contributed by atoms with van der Waals surface area (Å²) in [5.74, 6) is -1.97. The van der Waals surface area contributed by atoms with Crippen LogP contribution in [0.4, 0.5) is 4.39 Å². The molecule has 0 aliphatic carbocycles. The molecule has 1 aromatic heterocycles. The molecule has 2 N–H and O–H groups in total. The Morgan fingerprint density at radius 1 is 1.26 bits per heavy atom. The van der Waals surface area contributed by atoms with E-state index in [-0.39, 0.29) is 5.56 Å². The normalized spacial score (nSPS) is 10.4. The van der Waals surface area contributed by atoms with E-state index < -0.39 is 11.8 Å². The van der Waals surface area contributed by atoms with Crippen LogP contribution in [-0.4, -0.2) is 16.1 Å². The molecule has 0 fully saturated rings. The molecule has 1 aromatic carbocycles. The van der Waals surface area contributed by atoms with E-state index in [4.69, 9.17) is 5.11 Å². The van der Waals surface area contributed by atoms with Gasteiger partial charge in [0, 0.05) is 25.5 Å². The Morgan fingerprint density at radius 3 is 2.68 bits per heavy atom. The second-order valence-electron chi connectivity index (χ2n) is 4.08. The summed E-state index contributed by atoms with van der Waals surface area (Å²) < 4.78 is 13.4. The molecule has 2 aromatic rings. The number of rotatable bonds is 5. The predicted octanol–water partition coefficient (Wildman–Crippen LogP) is 2.21. The molecule has 0 saturated carbocycles. The fourth-order valence-corrected chi connectivity index (χ4v) is 1.70. The van der Waals surface area contributed by atoms with Gasteiger partial charge in [-0.25, -0.2) is 9.18 Å². The summed E-state index contributed by atoms with van der Waals surface area (Å²) in [4.78, 5) is 14.7. The number of carbonyl (C=O) groups is 1. The van der Waals surface area contributed by atoms with E-state index in [1.807, 2.05) is 12.1 Å². The number of hydrogen-bond acceptors (Lipinski definition) is 3. The van der Waals surface area contributed by atoms with E-state index in [9.17, 15) is 9.18 Å². The SMILES string of the molecule is O=C(O)c1ccc(CNCc2cccnc2)cc1F. The lowest BCUT2D eigenvalue weighted by molar-refractivity contribution is 0.0692. The minimum Gasteiger partial charge on any atom is -0.478 e. The lowest BCUT2D eigenvalue weighted by atomic mass is 10.1. The van der Waals surface area contributed by atoms with Crippen molar-refractivity contribution in [2.24, 2.45) is 0 Å². The van der Waals surface area contributed by atoms with Crippen molar-refractivity contribution in [1.82, 2.24) is 10.3 Å². The van der Waals surface area contributed by atoms with Gasteiger partial charge in [-0.1, -0.05) is 12.1 Å². The van der Waals surface area contributed by atoms with Crippen LogP contribution in [0.5, 0.6) is 0 Å². The van der Waals surface area contributed by atoms with Crippen LogP contribution < -0.4 is 5.32 Å². The van der Waals surface area contributed by atoms with Crippen molar-refractivity contribution in [1.29, 1.82) is 0 Å². The first-order valence-corrected chi connectivity index (χ1v) is 5.78. The second-order valence-corrected chi connectivity index (χ2v) is 4.08. The lowest BCUT2D eigenvalue weighted by Crippen LogP contribution is -2.13. The van der Waals surface area contributed by atoms with E-state index in [0.717, 1.165) is 5.56 Å². The Balaban J connectivity index is 1.93. The van der Waals surface area contributed by atoms with Crippen LogP contribution in [0, 0.1) is 5.82 Å². The Morgan fingerprint density at radius 2 is 2.05 bits per heavy atom. The summed E-state index contributed by atoms with van der Waals surface area (Å²) in [6.07, 6.45) is 3.45. The monoisotopic (exact) mass is 260 g/mol. The minimum atomic E-state index is -1.26. The molecule has 0 amide bonds. The van der Waals surface area contributed by atoms with Crippen molar-refractivity contribution in [2.45, 2.75) is 13.1 Å². The molecule has 98 valence electrons. The van der Waals surface area contributed by atoms with Gasteiger partial charge >= 0.3 is 5.97 Å². The molecule has 19 heavy (non-hydrogen) atoms. The maximum Gasteiger partial charge on any atom is 0.338 e. The van der Waals surface area contributed by atoms with Crippen molar-refractivity contribution in [2.75, 3.05) is 0 Å². The van der Waals surface area contributed by atoms with E-state index in [1.165, 1.54) is 12.1 Å². The van der Waals surface area contributed by atoms with Gasteiger partial charge in [-0.05, 0) is 29.3 Å². The standard InChI is InChI=1S/C14H13FN2O2/c15-13-6-10(3-4-12(13)14(18)19)7-17-9-11-2-1-5-16-8-11/h1-6,8,17H,7,9H2,(H,18,19). The van der Waals surface area contributed by atoms with Gasteiger partial charge in [-0.15, -0.1) is 0 Å². The second kappa shape index (κ2) is 6.06. The summed E-state index contributed by atoms with van der Waals surface area (Å²) in [7, 11) is 0. The van der Waals surface area contributed by atoms with Crippen LogP contribution in [0.1, 0.15) is 21.5 Å². The van der Waals surface area contributed by atoms with Crippen molar-refractivity contribution in [3.05, 3.63) is 65.2 Å². The van der Waals surface area contributed by atoms with Gasteiger partial charge in [0.25, 0.3) is 0 Å². The van der Waals surface area contributed by atoms with Gasteiger partial charge in [-0.2, -0.15) is 0 Å².